The molecule has 0 spiro atoms. The van der Waals surface area contributed by atoms with Crippen LogP contribution in [0.25, 0.3) is 6.08 Å². The van der Waals surface area contributed by atoms with E-state index in [0.29, 0.717) is 25.4 Å². The van der Waals surface area contributed by atoms with Crippen molar-refractivity contribution < 1.29 is 57.9 Å². The Hall–Kier alpha value is -5.00. The van der Waals surface area contributed by atoms with Crippen LogP contribution in [0.2, 0.25) is 0 Å². The molecule has 0 aliphatic heterocycles. The number of carboxylic acid groups (broad SMARTS) is 2. The summed E-state index contributed by atoms with van der Waals surface area (Å²) < 4.78 is 18.1. The molecule has 0 saturated carbocycles. The van der Waals surface area contributed by atoms with Gasteiger partial charge in [0.2, 0.25) is 0 Å². The lowest BCUT2D eigenvalue weighted by Gasteiger charge is -2.05. The first-order chi connectivity index (χ1) is 19.7. The van der Waals surface area contributed by atoms with Crippen molar-refractivity contribution in [3.05, 3.63) is 78.9 Å². The summed E-state index contributed by atoms with van der Waals surface area (Å²) in [4.78, 5) is 61.9. The molecule has 0 heterocycles. The Morgan fingerprint density at radius 2 is 0.976 bits per heavy atom. The number of carbonyl (C=O) groups excluding carboxylic acids is 4. The standard InChI is InChI=1S/C12H20O4.C8H8.C6H8O4.C4H4O4/c1-9(2)7-15-11(13)5-6-12(14)16-8-10(3)4;1-2-8-6-4-3-5-7-8;1-9-5(7)3-4-6(8)10-2;5-3(6)1-2-4(7)8/h5-6,9-10H,7-8H2,1-4H3;2-7H,1H2;3-4H,1-2H3;1-2H,(H,5,6)(H,7,8)/b6-5+;;4-3+;2-1+. The molecule has 0 unspecified atom stereocenters. The van der Waals surface area contributed by atoms with Crippen LogP contribution in [0.5, 0.6) is 0 Å². The molecule has 0 fully saturated rings. The third-order valence-corrected chi connectivity index (χ3v) is 3.63. The summed E-state index contributed by atoms with van der Waals surface area (Å²) in [5, 5.41) is 15.6. The smallest absolute Gasteiger partial charge is 0.331 e. The second-order valence-electron chi connectivity index (χ2n) is 8.39. The molecule has 12 heteroatoms. The molecular formula is C30H40O12. The van der Waals surface area contributed by atoms with Crippen molar-refractivity contribution in [2.45, 2.75) is 27.7 Å². The SMILES string of the molecule is C=Cc1ccccc1.CC(C)COC(=O)/C=C/C(=O)OCC(C)C.COC(=O)/C=C/C(=O)OC.O=C(O)/C=C/C(=O)O. The minimum Gasteiger partial charge on any atom is -0.478 e. The van der Waals surface area contributed by atoms with Crippen molar-refractivity contribution in [3.63, 3.8) is 0 Å². The molecule has 12 nitrogen and oxygen atoms in total. The lowest BCUT2D eigenvalue weighted by molar-refractivity contribution is -0.141. The Bertz CT molecular complexity index is 991. The molecule has 0 aromatic heterocycles. The lowest BCUT2D eigenvalue weighted by Crippen LogP contribution is -2.10. The Morgan fingerprint density at radius 3 is 1.21 bits per heavy atom. The molecule has 2 N–H and O–H groups in total. The minimum atomic E-state index is -1.26. The maximum Gasteiger partial charge on any atom is 0.331 e. The van der Waals surface area contributed by atoms with Crippen LogP contribution in [0.4, 0.5) is 0 Å². The average molecular weight is 593 g/mol. The highest BCUT2D eigenvalue weighted by Crippen LogP contribution is 1.98. The fourth-order valence-corrected chi connectivity index (χ4v) is 1.73. The number of aliphatic carboxylic acids is 2. The zero-order valence-corrected chi connectivity index (χ0v) is 24.7. The molecule has 0 aliphatic rings. The number of carbonyl (C=O) groups is 6. The van der Waals surface area contributed by atoms with Crippen molar-refractivity contribution in [1.82, 2.24) is 0 Å². The number of ether oxygens (including phenoxy) is 4. The van der Waals surface area contributed by atoms with Gasteiger partial charge in [-0.3, -0.25) is 0 Å². The molecule has 1 aromatic carbocycles. The second-order valence-corrected chi connectivity index (χ2v) is 8.39. The number of carboxylic acids is 2. The van der Waals surface area contributed by atoms with E-state index in [-0.39, 0.29) is 11.8 Å². The first-order valence-electron chi connectivity index (χ1n) is 12.3. The van der Waals surface area contributed by atoms with Gasteiger partial charge in [-0.15, -0.1) is 0 Å². The summed E-state index contributed by atoms with van der Waals surface area (Å²) in [6.07, 6.45) is 7.11. The summed E-state index contributed by atoms with van der Waals surface area (Å²) in [6, 6.07) is 10.0. The predicted molar refractivity (Wildman–Crippen MR) is 155 cm³/mol. The molecule has 0 amide bonds. The van der Waals surface area contributed by atoms with E-state index in [1.807, 2.05) is 64.1 Å². The van der Waals surface area contributed by atoms with Crippen LogP contribution in [0, 0.1) is 11.8 Å². The molecule has 0 atom stereocenters. The molecule has 1 rings (SSSR count). The van der Waals surface area contributed by atoms with Gasteiger partial charge in [-0.25, -0.2) is 28.8 Å². The molecule has 232 valence electrons. The predicted octanol–water partition coefficient (Wildman–Crippen LogP) is 3.87. The fourth-order valence-electron chi connectivity index (χ4n) is 1.73. The van der Waals surface area contributed by atoms with Gasteiger partial charge in [0.15, 0.2) is 0 Å². The monoisotopic (exact) mass is 592 g/mol. The van der Waals surface area contributed by atoms with E-state index in [9.17, 15) is 28.8 Å². The van der Waals surface area contributed by atoms with Crippen LogP contribution in [-0.2, 0) is 47.7 Å². The van der Waals surface area contributed by atoms with Gasteiger partial charge in [0, 0.05) is 36.5 Å². The van der Waals surface area contributed by atoms with E-state index in [1.54, 1.807) is 0 Å². The summed E-state index contributed by atoms with van der Waals surface area (Å²) >= 11 is 0. The normalized spacial score (nSPS) is 9.90. The Kier molecular flexibility index (Phi) is 27.2. The molecule has 0 aliphatic carbocycles. The maximum absolute atomic E-state index is 11.1. The van der Waals surface area contributed by atoms with E-state index in [1.165, 1.54) is 19.8 Å². The summed E-state index contributed by atoms with van der Waals surface area (Å²) in [5.74, 6) is -4.14. The van der Waals surface area contributed by atoms with Gasteiger partial charge < -0.3 is 29.2 Å². The van der Waals surface area contributed by atoms with Crippen LogP contribution in [0.1, 0.15) is 33.3 Å². The van der Waals surface area contributed by atoms with Gasteiger partial charge in [0.05, 0.1) is 27.4 Å². The van der Waals surface area contributed by atoms with Gasteiger partial charge in [-0.05, 0) is 17.4 Å². The first kappa shape index (κ1) is 41.5. The molecule has 0 radical (unpaired) electrons. The van der Waals surface area contributed by atoms with E-state index in [0.717, 1.165) is 24.3 Å². The lowest BCUT2D eigenvalue weighted by atomic mass is 10.2. The highest BCUT2D eigenvalue weighted by molar-refractivity contribution is 5.92. The maximum atomic E-state index is 11.1. The Morgan fingerprint density at radius 1 is 0.643 bits per heavy atom. The summed E-state index contributed by atoms with van der Waals surface area (Å²) in [5.41, 5.74) is 1.17. The second kappa shape index (κ2) is 27.6. The molecule has 42 heavy (non-hydrogen) atoms. The van der Waals surface area contributed by atoms with E-state index < -0.39 is 35.8 Å². The summed E-state index contributed by atoms with van der Waals surface area (Å²) in [6.45, 7) is 12.1. The van der Waals surface area contributed by atoms with Crippen LogP contribution in [-0.4, -0.2) is 73.5 Å². The Labute approximate surface area is 245 Å². The van der Waals surface area contributed by atoms with Gasteiger partial charge in [-0.2, -0.15) is 0 Å². The third-order valence-electron chi connectivity index (χ3n) is 3.63. The van der Waals surface area contributed by atoms with Crippen LogP contribution >= 0.6 is 0 Å². The number of benzene rings is 1. The van der Waals surface area contributed by atoms with Gasteiger partial charge >= 0.3 is 35.8 Å². The number of hydrogen-bond acceptors (Lipinski definition) is 10. The number of rotatable bonds is 11. The number of hydrogen-bond donors (Lipinski definition) is 2. The van der Waals surface area contributed by atoms with Crippen LogP contribution in [0.3, 0.4) is 0 Å². The summed E-state index contributed by atoms with van der Waals surface area (Å²) in [7, 11) is 2.45. The average Bonchev–Trinajstić information content (AvgIpc) is 2.96. The van der Waals surface area contributed by atoms with Crippen molar-refractivity contribution in [3.8, 4) is 0 Å². The highest BCUT2D eigenvalue weighted by Gasteiger charge is 2.03. The molecular weight excluding hydrogens is 552 g/mol. The zero-order valence-electron chi connectivity index (χ0n) is 24.7. The number of methoxy groups -OCH3 is 2. The quantitative estimate of drug-likeness (QED) is 0.215. The molecule has 0 saturated heterocycles. The third kappa shape index (κ3) is 35.0. The van der Waals surface area contributed by atoms with Crippen molar-refractivity contribution in [2.75, 3.05) is 27.4 Å². The van der Waals surface area contributed by atoms with Gasteiger partial charge in [0.1, 0.15) is 0 Å². The first-order valence-corrected chi connectivity index (χ1v) is 12.3. The highest BCUT2D eigenvalue weighted by atomic mass is 16.5. The van der Waals surface area contributed by atoms with Crippen molar-refractivity contribution in [1.29, 1.82) is 0 Å². The largest absolute Gasteiger partial charge is 0.478 e. The number of esters is 4. The van der Waals surface area contributed by atoms with E-state index in [2.05, 4.69) is 16.1 Å². The fraction of sp³-hybridized carbons (Fsp3) is 0.333. The molecule has 0 bridgehead atoms. The minimum absolute atomic E-state index is 0.283. The van der Waals surface area contributed by atoms with Crippen LogP contribution in [0.15, 0.2) is 73.4 Å². The van der Waals surface area contributed by atoms with E-state index >= 15 is 0 Å². The topological polar surface area (TPSA) is 180 Å². The van der Waals surface area contributed by atoms with Crippen molar-refractivity contribution >= 4 is 41.9 Å². The zero-order chi connectivity index (χ0) is 32.9. The van der Waals surface area contributed by atoms with E-state index in [4.69, 9.17) is 19.7 Å². The van der Waals surface area contributed by atoms with Gasteiger partial charge in [0.25, 0.3) is 0 Å². The molecule has 1 aromatic rings. The van der Waals surface area contributed by atoms with Crippen molar-refractivity contribution in [2.24, 2.45) is 11.8 Å². The van der Waals surface area contributed by atoms with Crippen LogP contribution < -0.4 is 0 Å². The Balaban J connectivity index is -0.000000507. The van der Waals surface area contributed by atoms with Gasteiger partial charge in [-0.1, -0.05) is 70.7 Å².